The number of nitrogens with one attached hydrogen (secondary N) is 1. The van der Waals surface area contributed by atoms with Gasteiger partial charge in [-0.2, -0.15) is 5.10 Å². The maximum Gasteiger partial charge on any atom is 0.184 e. The van der Waals surface area contributed by atoms with Gasteiger partial charge in [-0.25, -0.2) is 0 Å². The van der Waals surface area contributed by atoms with Crippen LogP contribution in [0.25, 0.3) is 0 Å². The van der Waals surface area contributed by atoms with E-state index in [-0.39, 0.29) is 5.11 Å². The van der Waals surface area contributed by atoms with Gasteiger partial charge in [-0.15, -0.1) is 0 Å². The molecule has 0 aromatic rings. The number of allylic oxidation sites excluding steroid dienone is 2. The predicted molar refractivity (Wildman–Crippen MR) is 66.5 cm³/mol. The quantitative estimate of drug-likeness (QED) is 0.426. The smallest absolute Gasteiger partial charge is 0.184 e. The fourth-order valence-electron chi connectivity index (χ4n) is 2.72. The standard InChI is InChI=1S/C11H17N3S/c1-11(2)8-4-3-7(9(11)5-8)6-13-14-10(12)15/h3,6,8-9H,4-5H2,1-2H3,(H3,12,14,15)/b13-6+. The molecule has 0 aromatic heterocycles. The first-order valence-electron chi connectivity index (χ1n) is 5.30. The van der Waals surface area contributed by atoms with Gasteiger partial charge in [-0.3, -0.25) is 5.43 Å². The molecule has 0 spiro atoms. The fourth-order valence-corrected chi connectivity index (χ4v) is 2.77. The van der Waals surface area contributed by atoms with Crippen LogP contribution in [0, 0.1) is 17.3 Å². The monoisotopic (exact) mass is 223 g/mol. The van der Waals surface area contributed by atoms with Crippen LogP contribution in [0.4, 0.5) is 0 Å². The van der Waals surface area contributed by atoms with Crippen LogP contribution in [0.3, 0.4) is 0 Å². The SMILES string of the molecule is CC1(C)C2CC=C(/C=N/NC(N)=S)C1C2. The van der Waals surface area contributed by atoms with Gasteiger partial charge in [0.15, 0.2) is 5.11 Å². The van der Waals surface area contributed by atoms with E-state index in [9.17, 15) is 0 Å². The number of rotatable bonds is 2. The Bertz CT molecular complexity index is 344. The molecule has 0 amide bonds. The summed E-state index contributed by atoms with van der Waals surface area (Å²) in [5.41, 5.74) is 9.66. The molecule has 3 aliphatic rings. The third kappa shape index (κ3) is 1.78. The lowest BCUT2D eigenvalue weighted by Gasteiger charge is -2.55. The summed E-state index contributed by atoms with van der Waals surface area (Å²) in [6.07, 6.45) is 6.63. The molecule has 0 aliphatic heterocycles. The summed E-state index contributed by atoms with van der Waals surface area (Å²) in [6.45, 7) is 4.68. The van der Waals surface area contributed by atoms with Crippen molar-refractivity contribution in [1.29, 1.82) is 0 Å². The lowest BCUT2D eigenvalue weighted by atomic mass is 9.49. The van der Waals surface area contributed by atoms with Crippen molar-refractivity contribution in [2.24, 2.45) is 28.1 Å². The lowest BCUT2D eigenvalue weighted by Crippen LogP contribution is -2.48. The van der Waals surface area contributed by atoms with Gasteiger partial charge in [0.25, 0.3) is 0 Å². The van der Waals surface area contributed by atoms with Crippen LogP contribution < -0.4 is 11.2 Å². The third-order valence-electron chi connectivity index (χ3n) is 3.90. The Labute approximate surface area is 95.8 Å². The average molecular weight is 223 g/mol. The number of fused-ring (bicyclic) bond motifs is 1. The molecule has 3 rings (SSSR count). The van der Waals surface area contributed by atoms with Crippen LogP contribution in [-0.4, -0.2) is 11.3 Å². The second kappa shape index (κ2) is 3.59. The van der Waals surface area contributed by atoms with Crippen molar-refractivity contribution in [3.63, 3.8) is 0 Å². The molecule has 3 N–H and O–H groups in total. The van der Waals surface area contributed by atoms with Gasteiger partial charge in [-0.05, 0) is 47.9 Å². The van der Waals surface area contributed by atoms with Crippen molar-refractivity contribution >= 4 is 23.5 Å². The van der Waals surface area contributed by atoms with Crippen LogP contribution >= 0.6 is 12.2 Å². The molecule has 2 atom stereocenters. The minimum absolute atomic E-state index is 0.216. The molecule has 1 saturated carbocycles. The van der Waals surface area contributed by atoms with E-state index in [4.69, 9.17) is 5.73 Å². The number of thiocarbonyl (C=S) groups is 1. The highest BCUT2D eigenvalue weighted by molar-refractivity contribution is 7.80. The van der Waals surface area contributed by atoms with Crippen LogP contribution in [0.2, 0.25) is 0 Å². The van der Waals surface area contributed by atoms with Gasteiger partial charge in [0, 0.05) is 0 Å². The Morgan fingerprint density at radius 2 is 2.47 bits per heavy atom. The van der Waals surface area contributed by atoms with E-state index in [1.807, 2.05) is 6.21 Å². The van der Waals surface area contributed by atoms with Gasteiger partial charge in [0.1, 0.15) is 0 Å². The molecule has 4 heteroatoms. The van der Waals surface area contributed by atoms with E-state index in [0.717, 1.165) is 5.92 Å². The maximum absolute atomic E-state index is 5.29. The molecule has 3 nitrogen and oxygen atoms in total. The summed E-state index contributed by atoms with van der Waals surface area (Å²) in [5.74, 6) is 1.52. The second-order valence-electron chi connectivity index (χ2n) is 4.98. The number of hydrazone groups is 1. The Hall–Kier alpha value is -0.900. The van der Waals surface area contributed by atoms with Crippen LogP contribution in [0.5, 0.6) is 0 Å². The van der Waals surface area contributed by atoms with Gasteiger partial charge in [-0.1, -0.05) is 19.9 Å². The average Bonchev–Trinajstić information content (AvgIpc) is 2.17. The molecular formula is C11H17N3S. The van der Waals surface area contributed by atoms with Gasteiger partial charge < -0.3 is 5.73 Å². The van der Waals surface area contributed by atoms with E-state index in [0.29, 0.717) is 11.3 Å². The summed E-state index contributed by atoms with van der Waals surface area (Å²) < 4.78 is 0. The van der Waals surface area contributed by atoms with Crippen LogP contribution in [0.1, 0.15) is 26.7 Å². The van der Waals surface area contributed by atoms with E-state index in [1.54, 1.807) is 0 Å². The topological polar surface area (TPSA) is 50.4 Å². The molecule has 0 radical (unpaired) electrons. The minimum atomic E-state index is 0.216. The van der Waals surface area contributed by atoms with Gasteiger partial charge in [0.05, 0.1) is 6.21 Å². The summed E-state index contributed by atoms with van der Waals surface area (Å²) in [6, 6.07) is 0. The van der Waals surface area contributed by atoms with Crippen molar-refractivity contribution in [3.05, 3.63) is 11.6 Å². The van der Waals surface area contributed by atoms with Crippen molar-refractivity contribution in [2.75, 3.05) is 0 Å². The first-order chi connectivity index (χ1) is 7.01. The zero-order valence-corrected chi connectivity index (χ0v) is 9.97. The van der Waals surface area contributed by atoms with E-state index < -0.39 is 0 Å². The largest absolute Gasteiger partial charge is 0.375 e. The molecule has 0 aromatic carbocycles. The number of hydrogen-bond acceptors (Lipinski definition) is 2. The molecule has 2 unspecified atom stereocenters. The molecule has 2 bridgehead atoms. The Morgan fingerprint density at radius 3 is 3.00 bits per heavy atom. The third-order valence-corrected chi connectivity index (χ3v) is 3.99. The summed E-state index contributed by atoms with van der Waals surface area (Å²) in [5, 5.41) is 4.24. The van der Waals surface area contributed by atoms with Gasteiger partial charge in [0.2, 0.25) is 0 Å². The number of nitrogens with two attached hydrogens (primary N) is 1. The van der Waals surface area contributed by atoms with Crippen molar-refractivity contribution in [1.82, 2.24) is 5.43 Å². The highest BCUT2D eigenvalue weighted by Gasteiger charge is 2.50. The van der Waals surface area contributed by atoms with E-state index in [2.05, 4.69) is 42.7 Å². The first-order valence-corrected chi connectivity index (χ1v) is 5.71. The van der Waals surface area contributed by atoms with Crippen molar-refractivity contribution < 1.29 is 0 Å². The molecule has 0 heterocycles. The minimum Gasteiger partial charge on any atom is -0.375 e. The fraction of sp³-hybridized carbons (Fsp3) is 0.636. The highest BCUT2D eigenvalue weighted by Crippen LogP contribution is 2.58. The number of nitrogens with zero attached hydrogens (tertiary/aromatic N) is 1. The molecule has 0 saturated heterocycles. The summed E-state index contributed by atoms with van der Waals surface area (Å²) in [7, 11) is 0. The molecule has 1 fully saturated rings. The van der Waals surface area contributed by atoms with Crippen LogP contribution in [-0.2, 0) is 0 Å². The number of hydrogen-bond donors (Lipinski definition) is 2. The summed E-state index contributed by atoms with van der Waals surface area (Å²) in [4.78, 5) is 0. The summed E-state index contributed by atoms with van der Waals surface area (Å²) >= 11 is 4.68. The molecular weight excluding hydrogens is 206 g/mol. The highest BCUT2D eigenvalue weighted by atomic mass is 32.1. The Kier molecular flexibility index (Phi) is 2.54. The lowest BCUT2D eigenvalue weighted by molar-refractivity contribution is -0.00126. The van der Waals surface area contributed by atoms with Gasteiger partial charge >= 0.3 is 0 Å². The molecule has 15 heavy (non-hydrogen) atoms. The first kappa shape index (κ1) is 10.6. The normalized spacial score (nSPS) is 32.0. The van der Waals surface area contributed by atoms with E-state index >= 15 is 0 Å². The second-order valence-corrected chi connectivity index (χ2v) is 5.42. The van der Waals surface area contributed by atoms with E-state index in [1.165, 1.54) is 18.4 Å². The maximum atomic E-state index is 5.29. The Balaban J connectivity index is 2.02. The Morgan fingerprint density at radius 1 is 1.73 bits per heavy atom. The zero-order chi connectivity index (χ0) is 11.1. The molecule has 3 aliphatic carbocycles. The predicted octanol–water partition coefficient (Wildman–Crippen LogP) is 1.80. The van der Waals surface area contributed by atoms with Crippen LogP contribution in [0.15, 0.2) is 16.8 Å². The van der Waals surface area contributed by atoms with Crippen molar-refractivity contribution in [2.45, 2.75) is 26.7 Å². The zero-order valence-electron chi connectivity index (χ0n) is 9.16. The molecule has 82 valence electrons. The van der Waals surface area contributed by atoms with Crippen molar-refractivity contribution in [3.8, 4) is 0 Å².